The summed E-state index contributed by atoms with van der Waals surface area (Å²) in [5.74, 6) is 2.70. The number of rotatable bonds is 12. The standard InChI is InChI=1S/C31H30N4O7/c1-21-25(32-31(42-21)27-11-8-16-39-27)20-40-26-14-12-22(17-28(26)37-3)19-41-30-23(13-15-29(36)34(2)38-4)18-35(33-30)24-9-6-5-7-10-24/h5-18H,19-20H2,1-4H3. The quantitative estimate of drug-likeness (QED) is 0.139. The van der Waals surface area contributed by atoms with Crippen LogP contribution in [-0.4, -0.2) is 47.0 Å². The molecular weight excluding hydrogens is 540 g/mol. The van der Waals surface area contributed by atoms with E-state index in [9.17, 15) is 4.79 Å². The minimum absolute atomic E-state index is 0.186. The van der Waals surface area contributed by atoms with Gasteiger partial charge in [0.25, 0.3) is 11.8 Å². The number of likely N-dealkylation sites (N-methyl/N-ethyl adjacent to an activating group) is 1. The van der Waals surface area contributed by atoms with Crippen LogP contribution in [0.5, 0.6) is 17.4 Å². The maximum absolute atomic E-state index is 12.2. The van der Waals surface area contributed by atoms with Gasteiger partial charge in [-0.15, -0.1) is 5.10 Å². The Bertz CT molecular complexity index is 1660. The monoisotopic (exact) mass is 570 g/mol. The van der Waals surface area contributed by atoms with Gasteiger partial charge in [0.1, 0.15) is 24.7 Å². The Labute approximate surface area is 242 Å². The number of para-hydroxylation sites is 1. The number of ether oxygens (including phenoxy) is 3. The number of hydrogen-bond donors (Lipinski definition) is 0. The van der Waals surface area contributed by atoms with E-state index >= 15 is 0 Å². The first kappa shape index (κ1) is 28.2. The third kappa shape index (κ3) is 6.53. The number of methoxy groups -OCH3 is 1. The zero-order valence-electron chi connectivity index (χ0n) is 23.6. The zero-order chi connectivity index (χ0) is 29.5. The van der Waals surface area contributed by atoms with E-state index in [1.807, 2.05) is 55.5 Å². The van der Waals surface area contributed by atoms with Crippen molar-refractivity contribution in [2.24, 2.45) is 0 Å². The Morgan fingerprint density at radius 1 is 1.02 bits per heavy atom. The molecule has 0 aliphatic carbocycles. The Balaban J connectivity index is 1.30. The summed E-state index contributed by atoms with van der Waals surface area (Å²) >= 11 is 0. The number of amides is 1. The van der Waals surface area contributed by atoms with Crippen LogP contribution in [0, 0.1) is 6.92 Å². The molecule has 0 N–H and O–H groups in total. The summed E-state index contributed by atoms with van der Waals surface area (Å²) in [4.78, 5) is 21.7. The first-order chi connectivity index (χ1) is 20.4. The van der Waals surface area contributed by atoms with Crippen LogP contribution < -0.4 is 14.2 Å². The third-order valence-electron chi connectivity index (χ3n) is 6.31. The van der Waals surface area contributed by atoms with Crippen LogP contribution in [0.4, 0.5) is 0 Å². The Hall–Kier alpha value is -5.29. The van der Waals surface area contributed by atoms with Crippen molar-refractivity contribution in [3.63, 3.8) is 0 Å². The summed E-state index contributed by atoms with van der Waals surface area (Å²) in [5.41, 5.74) is 2.96. The van der Waals surface area contributed by atoms with Crippen molar-refractivity contribution in [2.45, 2.75) is 20.1 Å². The molecule has 0 fully saturated rings. The molecule has 0 saturated heterocycles. The molecule has 3 heterocycles. The topological polar surface area (TPSA) is 114 Å². The fraction of sp³-hybridized carbons (Fsp3) is 0.194. The maximum Gasteiger partial charge on any atom is 0.269 e. The summed E-state index contributed by atoms with van der Waals surface area (Å²) in [6.45, 7) is 2.21. The van der Waals surface area contributed by atoms with Gasteiger partial charge in [-0.3, -0.25) is 9.63 Å². The van der Waals surface area contributed by atoms with E-state index in [0.29, 0.717) is 46.0 Å². The van der Waals surface area contributed by atoms with E-state index in [-0.39, 0.29) is 19.1 Å². The molecule has 0 bridgehead atoms. The first-order valence-corrected chi connectivity index (χ1v) is 13.0. The average molecular weight is 571 g/mol. The van der Waals surface area contributed by atoms with E-state index in [0.717, 1.165) is 16.3 Å². The smallest absolute Gasteiger partial charge is 0.269 e. The maximum atomic E-state index is 12.2. The van der Waals surface area contributed by atoms with Crippen LogP contribution in [0.25, 0.3) is 23.4 Å². The van der Waals surface area contributed by atoms with Gasteiger partial charge < -0.3 is 23.0 Å². The van der Waals surface area contributed by atoms with Gasteiger partial charge in [0.2, 0.25) is 5.88 Å². The molecule has 0 spiro atoms. The molecule has 0 aliphatic heterocycles. The number of aromatic nitrogens is 3. The molecule has 0 radical (unpaired) electrons. The number of nitrogens with zero attached hydrogens (tertiary/aromatic N) is 4. The molecule has 42 heavy (non-hydrogen) atoms. The second kappa shape index (κ2) is 12.9. The van der Waals surface area contributed by atoms with Crippen molar-refractivity contribution >= 4 is 12.0 Å². The van der Waals surface area contributed by atoms with Crippen LogP contribution in [-0.2, 0) is 22.8 Å². The van der Waals surface area contributed by atoms with Crippen molar-refractivity contribution in [2.75, 3.05) is 21.3 Å². The van der Waals surface area contributed by atoms with Crippen LogP contribution in [0.15, 0.2) is 88.0 Å². The highest BCUT2D eigenvalue weighted by atomic mass is 16.7. The number of hydroxylamine groups is 2. The summed E-state index contributed by atoms with van der Waals surface area (Å²) in [7, 11) is 4.52. The van der Waals surface area contributed by atoms with Crippen molar-refractivity contribution in [3.8, 4) is 34.7 Å². The summed E-state index contributed by atoms with van der Waals surface area (Å²) in [5, 5.41) is 5.72. The fourth-order valence-electron chi connectivity index (χ4n) is 3.95. The molecule has 216 valence electrons. The highest BCUT2D eigenvalue weighted by molar-refractivity contribution is 5.91. The van der Waals surface area contributed by atoms with E-state index < -0.39 is 0 Å². The van der Waals surface area contributed by atoms with Gasteiger partial charge in [0, 0.05) is 19.3 Å². The minimum Gasteiger partial charge on any atom is -0.493 e. The SMILES string of the molecule is COc1cc(COc2nn(-c3ccccc3)cc2C=CC(=O)N(C)OC)ccc1OCc1nc(-c2ccco2)oc1C. The summed E-state index contributed by atoms with van der Waals surface area (Å²) < 4.78 is 30.5. The normalized spacial score (nSPS) is 11.1. The van der Waals surface area contributed by atoms with Gasteiger partial charge in [0.05, 0.1) is 31.7 Å². The number of carbonyl (C=O) groups excluding carboxylic acids is 1. The van der Waals surface area contributed by atoms with Crippen molar-refractivity contribution in [1.82, 2.24) is 19.8 Å². The lowest BCUT2D eigenvalue weighted by molar-refractivity contribution is -0.162. The average Bonchev–Trinajstić information content (AvgIpc) is 3.78. The van der Waals surface area contributed by atoms with Crippen LogP contribution in [0.2, 0.25) is 0 Å². The zero-order valence-corrected chi connectivity index (χ0v) is 23.6. The molecule has 1 amide bonds. The molecule has 0 unspecified atom stereocenters. The van der Waals surface area contributed by atoms with E-state index in [4.69, 9.17) is 27.9 Å². The van der Waals surface area contributed by atoms with E-state index in [1.54, 1.807) is 42.5 Å². The largest absolute Gasteiger partial charge is 0.493 e. The second-order valence-corrected chi connectivity index (χ2v) is 9.08. The number of benzene rings is 2. The van der Waals surface area contributed by atoms with E-state index in [1.165, 1.54) is 20.2 Å². The van der Waals surface area contributed by atoms with Crippen LogP contribution in [0.3, 0.4) is 0 Å². The van der Waals surface area contributed by atoms with Crippen molar-refractivity contribution in [1.29, 1.82) is 0 Å². The molecular formula is C31H30N4O7. The minimum atomic E-state index is -0.325. The molecule has 5 rings (SSSR count). The van der Waals surface area contributed by atoms with Crippen LogP contribution in [0.1, 0.15) is 22.6 Å². The molecule has 11 nitrogen and oxygen atoms in total. The molecule has 0 atom stereocenters. The second-order valence-electron chi connectivity index (χ2n) is 9.08. The Morgan fingerprint density at radius 2 is 1.86 bits per heavy atom. The molecule has 2 aromatic carbocycles. The van der Waals surface area contributed by atoms with Crippen molar-refractivity contribution in [3.05, 3.63) is 102 Å². The molecule has 3 aromatic heterocycles. The highest BCUT2D eigenvalue weighted by Crippen LogP contribution is 2.31. The number of carbonyl (C=O) groups is 1. The lowest BCUT2D eigenvalue weighted by atomic mass is 10.2. The fourth-order valence-corrected chi connectivity index (χ4v) is 3.95. The van der Waals surface area contributed by atoms with Gasteiger partial charge in [0.15, 0.2) is 17.3 Å². The molecule has 11 heteroatoms. The van der Waals surface area contributed by atoms with Gasteiger partial charge in [-0.2, -0.15) is 0 Å². The summed E-state index contributed by atoms with van der Waals surface area (Å²) in [6.07, 6.45) is 6.39. The van der Waals surface area contributed by atoms with Gasteiger partial charge >= 0.3 is 0 Å². The highest BCUT2D eigenvalue weighted by Gasteiger charge is 2.16. The summed E-state index contributed by atoms with van der Waals surface area (Å²) in [6, 6.07) is 18.7. The number of aryl methyl sites for hydroxylation is 1. The molecule has 5 aromatic rings. The van der Waals surface area contributed by atoms with E-state index in [2.05, 4.69) is 10.1 Å². The predicted octanol–water partition coefficient (Wildman–Crippen LogP) is 5.63. The number of oxazole rings is 1. The van der Waals surface area contributed by atoms with Crippen LogP contribution >= 0.6 is 0 Å². The van der Waals surface area contributed by atoms with Gasteiger partial charge in [-0.25, -0.2) is 14.7 Å². The van der Waals surface area contributed by atoms with Crippen molar-refractivity contribution < 1.29 is 32.7 Å². The Morgan fingerprint density at radius 3 is 2.60 bits per heavy atom. The first-order valence-electron chi connectivity index (χ1n) is 13.0. The lowest BCUT2D eigenvalue weighted by Gasteiger charge is -2.12. The molecule has 0 aliphatic rings. The molecule has 0 saturated carbocycles. The van der Waals surface area contributed by atoms with Gasteiger partial charge in [-0.05, 0) is 55.0 Å². The number of hydrogen-bond acceptors (Lipinski definition) is 9. The predicted molar refractivity (Wildman–Crippen MR) is 153 cm³/mol. The third-order valence-corrected chi connectivity index (χ3v) is 6.31. The Kier molecular flexibility index (Phi) is 8.69. The lowest BCUT2D eigenvalue weighted by Crippen LogP contribution is -2.22. The number of furan rings is 1. The van der Waals surface area contributed by atoms with Gasteiger partial charge in [-0.1, -0.05) is 24.3 Å².